The lowest BCUT2D eigenvalue weighted by Crippen LogP contribution is -2.25. The molecule has 4 N–H and O–H groups in total. The zero-order valence-corrected chi connectivity index (χ0v) is 15.5. The number of carboxylic acid groups (broad SMARTS) is 1. The van der Waals surface area contributed by atoms with Crippen LogP contribution in [-0.4, -0.2) is 22.7 Å². The van der Waals surface area contributed by atoms with Gasteiger partial charge in [-0.2, -0.15) is 0 Å². The predicted molar refractivity (Wildman–Crippen MR) is 110 cm³/mol. The Morgan fingerprint density at radius 3 is 2.19 bits per heavy atom. The second-order valence-electron chi connectivity index (χ2n) is 6.20. The molecule has 3 aromatic carbocycles. The van der Waals surface area contributed by atoms with Gasteiger partial charge in [-0.3, -0.25) is 4.79 Å². The van der Waals surface area contributed by atoms with Gasteiger partial charge in [-0.15, -0.1) is 0 Å². The van der Waals surface area contributed by atoms with Crippen LogP contribution in [0.1, 0.15) is 11.1 Å². The number of benzene rings is 3. The van der Waals surface area contributed by atoms with Crippen molar-refractivity contribution in [1.29, 1.82) is 0 Å². The molecule has 3 aromatic rings. The van der Waals surface area contributed by atoms with E-state index in [-0.39, 0.29) is 12.3 Å². The van der Waals surface area contributed by atoms with Crippen LogP contribution in [0.25, 0.3) is 0 Å². The van der Waals surface area contributed by atoms with Crippen LogP contribution >= 0.6 is 0 Å². The zero-order valence-electron chi connectivity index (χ0n) is 15.5. The number of aryl methyl sites for hydroxylation is 2. The number of hydrogen-bond acceptors (Lipinski definition) is 4. The summed E-state index contributed by atoms with van der Waals surface area (Å²) in [6.07, 6.45) is 0. The second kappa shape index (κ2) is 9.29. The van der Waals surface area contributed by atoms with E-state index in [1.165, 1.54) is 5.56 Å². The fourth-order valence-corrected chi connectivity index (χ4v) is 2.54. The molecule has 0 unspecified atom stereocenters. The van der Waals surface area contributed by atoms with Crippen molar-refractivity contribution >= 4 is 23.0 Å². The van der Waals surface area contributed by atoms with Crippen LogP contribution in [0, 0.1) is 13.8 Å². The van der Waals surface area contributed by atoms with E-state index in [9.17, 15) is 9.90 Å². The average Bonchev–Trinajstić information content (AvgIpc) is 2.63. The van der Waals surface area contributed by atoms with Crippen LogP contribution in [0.3, 0.4) is 0 Å². The van der Waals surface area contributed by atoms with Crippen molar-refractivity contribution < 1.29 is 15.0 Å². The Bertz CT molecular complexity index is 871. The number of nitrogen functional groups attached to an aromatic ring is 1. The van der Waals surface area contributed by atoms with E-state index < -0.39 is 5.97 Å². The lowest BCUT2D eigenvalue weighted by molar-refractivity contribution is -0.135. The monoisotopic (exact) mass is 364 g/mol. The van der Waals surface area contributed by atoms with E-state index in [0.29, 0.717) is 5.69 Å². The van der Waals surface area contributed by atoms with Crippen LogP contribution < -0.4 is 10.6 Å². The van der Waals surface area contributed by atoms with Crippen LogP contribution in [0.15, 0.2) is 72.8 Å². The first kappa shape index (κ1) is 19.8. The number of carbonyl (C=O) groups is 1. The van der Waals surface area contributed by atoms with E-state index in [1.54, 1.807) is 29.2 Å². The summed E-state index contributed by atoms with van der Waals surface area (Å²) in [5, 5.41) is 18.6. The average molecular weight is 364 g/mol. The summed E-state index contributed by atoms with van der Waals surface area (Å²) in [6, 6.07) is 21.9. The number of nitrogens with two attached hydrogens (primary N) is 1. The van der Waals surface area contributed by atoms with Gasteiger partial charge in [-0.1, -0.05) is 42.0 Å². The third-order valence-corrected chi connectivity index (χ3v) is 3.92. The van der Waals surface area contributed by atoms with Gasteiger partial charge in [-0.25, -0.2) is 0 Å². The molecule has 0 aromatic heterocycles. The highest BCUT2D eigenvalue weighted by Crippen LogP contribution is 2.29. The van der Waals surface area contributed by atoms with Gasteiger partial charge >= 0.3 is 5.97 Å². The topological polar surface area (TPSA) is 86.8 Å². The molecule has 0 fully saturated rings. The number of phenolic OH excluding ortho intramolecular Hbond substituents is 1. The lowest BCUT2D eigenvalue weighted by atomic mass is 10.1. The maximum absolute atomic E-state index is 11.0. The minimum Gasteiger partial charge on any atom is -0.508 e. The molecule has 140 valence electrons. The van der Waals surface area contributed by atoms with Crippen molar-refractivity contribution in [3.8, 4) is 5.75 Å². The third-order valence-electron chi connectivity index (χ3n) is 3.92. The van der Waals surface area contributed by atoms with Gasteiger partial charge in [0.1, 0.15) is 12.3 Å². The van der Waals surface area contributed by atoms with E-state index in [4.69, 9.17) is 10.8 Å². The van der Waals surface area contributed by atoms with Crippen molar-refractivity contribution in [1.82, 2.24) is 0 Å². The first-order valence-corrected chi connectivity index (χ1v) is 8.53. The maximum atomic E-state index is 11.0. The molecule has 0 saturated carbocycles. The van der Waals surface area contributed by atoms with Gasteiger partial charge < -0.3 is 20.8 Å². The Balaban J connectivity index is 0.000000273. The molecule has 0 bridgehead atoms. The van der Waals surface area contributed by atoms with E-state index in [1.807, 2.05) is 62.4 Å². The van der Waals surface area contributed by atoms with Gasteiger partial charge in [0.15, 0.2) is 0 Å². The smallest absolute Gasteiger partial charge is 0.323 e. The molecule has 0 radical (unpaired) electrons. The number of phenols is 1. The van der Waals surface area contributed by atoms with Gasteiger partial charge in [0.2, 0.25) is 0 Å². The van der Waals surface area contributed by atoms with E-state index in [0.717, 1.165) is 16.9 Å². The van der Waals surface area contributed by atoms with Crippen LogP contribution in [0.5, 0.6) is 5.75 Å². The van der Waals surface area contributed by atoms with Crippen molar-refractivity contribution in [3.05, 3.63) is 83.9 Å². The Kier molecular flexibility index (Phi) is 6.83. The minimum absolute atomic E-state index is 0.112. The fraction of sp³-hybridized carbons (Fsp3) is 0.136. The number of carboxylic acids is 1. The molecular formula is C22H24N2O3. The molecule has 0 atom stereocenters. The quantitative estimate of drug-likeness (QED) is 0.593. The number of rotatable bonds is 4. The van der Waals surface area contributed by atoms with Gasteiger partial charge in [0, 0.05) is 23.1 Å². The molecule has 5 nitrogen and oxygen atoms in total. The van der Waals surface area contributed by atoms with Crippen LogP contribution in [-0.2, 0) is 4.79 Å². The summed E-state index contributed by atoms with van der Waals surface area (Å²) in [4.78, 5) is 12.7. The molecule has 0 aliphatic heterocycles. The third kappa shape index (κ3) is 6.08. The molecular weight excluding hydrogens is 340 g/mol. The number of nitrogens with zero attached hydrogens (tertiary/aromatic N) is 1. The van der Waals surface area contributed by atoms with Crippen molar-refractivity contribution in [2.24, 2.45) is 0 Å². The fourth-order valence-electron chi connectivity index (χ4n) is 2.54. The summed E-state index contributed by atoms with van der Waals surface area (Å²) in [6.45, 7) is 3.81. The number of hydrogen-bond donors (Lipinski definition) is 3. The largest absolute Gasteiger partial charge is 0.508 e. The first-order valence-electron chi connectivity index (χ1n) is 8.53. The first-order chi connectivity index (χ1) is 12.9. The number of aliphatic carboxylic acids is 1. The van der Waals surface area contributed by atoms with Crippen molar-refractivity contribution in [2.45, 2.75) is 13.8 Å². The van der Waals surface area contributed by atoms with Gasteiger partial charge in [0.25, 0.3) is 0 Å². The van der Waals surface area contributed by atoms with Gasteiger partial charge in [-0.05, 0) is 49.7 Å². The highest BCUT2D eigenvalue weighted by atomic mass is 16.4. The minimum atomic E-state index is -0.924. The van der Waals surface area contributed by atoms with Crippen molar-refractivity contribution in [2.75, 3.05) is 17.2 Å². The summed E-state index contributed by atoms with van der Waals surface area (Å²) in [7, 11) is 0. The van der Waals surface area contributed by atoms with Gasteiger partial charge in [0.05, 0.1) is 0 Å². The molecule has 5 heteroatoms. The summed E-state index contributed by atoms with van der Waals surface area (Å²) in [5.74, 6) is -0.812. The number of anilines is 3. The normalized spacial score (nSPS) is 9.85. The second-order valence-corrected chi connectivity index (χ2v) is 6.20. The molecule has 0 saturated heterocycles. The molecule has 0 aliphatic rings. The number of aromatic hydroxyl groups is 1. The molecule has 0 heterocycles. The molecule has 0 spiro atoms. The summed E-state index contributed by atoms with van der Waals surface area (Å²) >= 11 is 0. The SMILES string of the molecule is Cc1ccc(N)cc1.Cc1ccccc1N(CC(=O)O)c1cccc(O)c1. The Morgan fingerprint density at radius 2 is 1.63 bits per heavy atom. The molecule has 0 aliphatic carbocycles. The predicted octanol–water partition coefficient (Wildman–Crippen LogP) is 4.50. The maximum Gasteiger partial charge on any atom is 0.323 e. The highest BCUT2D eigenvalue weighted by molar-refractivity contribution is 5.79. The standard InChI is InChI=1S/C15H15NO3.C7H9N/c1-11-5-2-3-8-14(11)16(10-15(18)19)12-6-4-7-13(17)9-12;1-6-2-4-7(8)5-3-6/h2-9,17H,10H2,1H3,(H,18,19);2-5H,8H2,1H3. The van der Waals surface area contributed by atoms with Crippen LogP contribution in [0.4, 0.5) is 17.1 Å². The Hall–Kier alpha value is -3.47. The Morgan fingerprint density at radius 1 is 0.963 bits per heavy atom. The molecule has 27 heavy (non-hydrogen) atoms. The summed E-state index contributed by atoms with van der Waals surface area (Å²) < 4.78 is 0. The van der Waals surface area contributed by atoms with Crippen LogP contribution in [0.2, 0.25) is 0 Å². The molecule has 0 amide bonds. The van der Waals surface area contributed by atoms with E-state index >= 15 is 0 Å². The molecule has 3 rings (SSSR count). The lowest BCUT2D eigenvalue weighted by Gasteiger charge is -2.24. The summed E-state index contributed by atoms with van der Waals surface area (Å²) in [5.41, 5.74) is 9.95. The highest BCUT2D eigenvalue weighted by Gasteiger charge is 2.15. The Labute approximate surface area is 159 Å². The number of para-hydroxylation sites is 1. The van der Waals surface area contributed by atoms with E-state index in [2.05, 4.69) is 0 Å². The zero-order chi connectivity index (χ0) is 19.8. The van der Waals surface area contributed by atoms with Crippen molar-refractivity contribution in [3.63, 3.8) is 0 Å².